The molecule has 2 amide bonds. The number of esters is 1. The summed E-state index contributed by atoms with van der Waals surface area (Å²) < 4.78 is 4.96. The van der Waals surface area contributed by atoms with E-state index in [4.69, 9.17) is 4.74 Å². The van der Waals surface area contributed by atoms with Gasteiger partial charge in [-0.25, -0.2) is 9.69 Å². The molecular formula is C22H18N2O4S. The molecule has 29 heavy (non-hydrogen) atoms. The van der Waals surface area contributed by atoms with Crippen molar-refractivity contribution in [1.29, 1.82) is 0 Å². The number of nitrogens with one attached hydrogen (secondary N) is 1. The number of hydrogen-bond donors (Lipinski definition) is 1. The molecule has 0 aliphatic carbocycles. The fourth-order valence-electron chi connectivity index (χ4n) is 3.19. The van der Waals surface area contributed by atoms with E-state index in [-0.39, 0.29) is 11.1 Å². The molecule has 6 nitrogen and oxygen atoms in total. The number of amides is 2. The monoisotopic (exact) mass is 406 g/mol. The van der Waals surface area contributed by atoms with Gasteiger partial charge in [-0.2, -0.15) is 0 Å². The SMILES string of the molecule is CCOC(=O)c1ccc(NC2SC(=O)N(c3cccc4ccccc34)C2=O)cc1. The Hall–Kier alpha value is -3.32. The van der Waals surface area contributed by atoms with E-state index < -0.39 is 11.3 Å². The van der Waals surface area contributed by atoms with Gasteiger partial charge in [0.15, 0.2) is 5.37 Å². The first-order valence-corrected chi connectivity index (χ1v) is 10.0. The summed E-state index contributed by atoms with van der Waals surface area (Å²) in [6.07, 6.45) is 0. The highest BCUT2D eigenvalue weighted by Gasteiger charge is 2.41. The quantitative estimate of drug-likeness (QED) is 0.622. The predicted octanol–water partition coefficient (Wildman–Crippen LogP) is 4.65. The van der Waals surface area contributed by atoms with Crippen LogP contribution in [0, 0.1) is 0 Å². The summed E-state index contributed by atoms with van der Waals surface area (Å²) in [5, 5.41) is 3.80. The molecule has 1 fully saturated rings. The third-order valence-electron chi connectivity index (χ3n) is 4.55. The molecule has 0 radical (unpaired) electrons. The zero-order chi connectivity index (χ0) is 20.4. The fourth-order valence-corrected chi connectivity index (χ4v) is 4.09. The van der Waals surface area contributed by atoms with Crippen LogP contribution in [-0.4, -0.2) is 29.1 Å². The van der Waals surface area contributed by atoms with Crippen molar-refractivity contribution in [2.45, 2.75) is 12.3 Å². The molecule has 3 aromatic carbocycles. The Bertz CT molecular complexity index is 1090. The van der Waals surface area contributed by atoms with Crippen molar-refractivity contribution in [2.75, 3.05) is 16.8 Å². The fraction of sp³-hybridized carbons (Fsp3) is 0.136. The maximum atomic E-state index is 13.0. The van der Waals surface area contributed by atoms with Gasteiger partial charge in [0.05, 0.1) is 17.9 Å². The Morgan fingerprint density at radius 3 is 2.52 bits per heavy atom. The van der Waals surface area contributed by atoms with E-state index in [0.29, 0.717) is 23.5 Å². The highest BCUT2D eigenvalue weighted by Crippen LogP contribution is 2.36. The standard InChI is InChI=1S/C22H18N2O4S/c1-2-28-21(26)15-10-12-16(13-11-15)23-19-20(25)24(22(27)29-19)18-9-5-7-14-6-3-4-8-17(14)18/h3-13,19,23H,2H2,1H3. The molecule has 1 saturated heterocycles. The van der Waals surface area contributed by atoms with Crippen molar-refractivity contribution in [3.8, 4) is 0 Å². The number of imide groups is 1. The number of rotatable bonds is 5. The molecule has 1 unspecified atom stereocenters. The van der Waals surface area contributed by atoms with Gasteiger partial charge < -0.3 is 10.1 Å². The summed E-state index contributed by atoms with van der Waals surface area (Å²) >= 11 is 0.933. The molecule has 0 bridgehead atoms. The van der Waals surface area contributed by atoms with Crippen molar-refractivity contribution >= 4 is 51.0 Å². The summed E-state index contributed by atoms with van der Waals surface area (Å²) in [4.78, 5) is 38.6. The van der Waals surface area contributed by atoms with Gasteiger partial charge in [0.25, 0.3) is 11.1 Å². The van der Waals surface area contributed by atoms with Crippen LogP contribution in [0.4, 0.5) is 16.2 Å². The van der Waals surface area contributed by atoms with E-state index in [2.05, 4.69) is 5.32 Å². The molecule has 1 atom stereocenters. The Morgan fingerprint density at radius 2 is 1.76 bits per heavy atom. The van der Waals surface area contributed by atoms with E-state index in [0.717, 1.165) is 22.5 Å². The van der Waals surface area contributed by atoms with Crippen LogP contribution in [-0.2, 0) is 9.53 Å². The van der Waals surface area contributed by atoms with Crippen LogP contribution in [0.1, 0.15) is 17.3 Å². The van der Waals surface area contributed by atoms with Crippen molar-refractivity contribution in [3.63, 3.8) is 0 Å². The number of anilines is 2. The van der Waals surface area contributed by atoms with E-state index in [1.165, 1.54) is 4.90 Å². The van der Waals surface area contributed by atoms with Crippen LogP contribution in [0.25, 0.3) is 10.8 Å². The van der Waals surface area contributed by atoms with Crippen LogP contribution >= 0.6 is 11.8 Å². The zero-order valence-electron chi connectivity index (χ0n) is 15.6. The number of thioether (sulfide) groups is 1. The molecule has 0 aromatic heterocycles. The van der Waals surface area contributed by atoms with Gasteiger partial charge in [0.2, 0.25) is 0 Å². The Labute approximate surface area is 171 Å². The topological polar surface area (TPSA) is 75.7 Å². The molecule has 4 rings (SSSR count). The molecule has 1 aliphatic heterocycles. The first-order chi connectivity index (χ1) is 14.1. The zero-order valence-corrected chi connectivity index (χ0v) is 16.4. The second-order valence-electron chi connectivity index (χ2n) is 6.38. The number of carbonyl (C=O) groups is 3. The second-order valence-corrected chi connectivity index (χ2v) is 7.43. The average molecular weight is 406 g/mol. The number of ether oxygens (including phenoxy) is 1. The van der Waals surface area contributed by atoms with E-state index >= 15 is 0 Å². The number of benzene rings is 3. The van der Waals surface area contributed by atoms with Crippen LogP contribution in [0.5, 0.6) is 0 Å². The number of carbonyl (C=O) groups excluding carboxylic acids is 3. The minimum Gasteiger partial charge on any atom is -0.462 e. The minimum absolute atomic E-state index is 0.304. The molecule has 1 N–H and O–H groups in total. The first-order valence-electron chi connectivity index (χ1n) is 9.14. The molecule has 7 heteroatoms. The number of hydrogen-bond acceptors (Lipinski definition) is 6. The second kappa shape index (κ2) is 7.97. The molecule has 0 spiro atoms. The molecule has 1 aliphatic rings. The van der Waals surface area contributed by atoms with E-state index in [9.17, 15) is 14.4 Å². The highest BCUT2D eigenvalue weighted by molar-refractivity contribution is 8.16. The maximum absolute atomic E-state index is 13.0. The minimum atomic E-state index is -0.741. The Morgan fingerprint density at radius 1 is 1.03 bits per heavy atom. The third-order valence-corrected chi connectivity index (χ3v) is 5.49. The van der Waals surface area contributed by atoms with E-state index in [1.807, 2.05) is 36.4 Å². The lowest BCUT2D eigenvalue weighted by molar-refractivity contribution is -0.116. The van der Waals surface area contributed by atoms with Gasteiger partial charge in [0, 0.05) is 11.1 Å². The highest BCUT2D eigenvalue weighted by atomic mass is 32.2. The van der Waals surface area contributed by atoms with Crippen molar-refractivity contribution in [2.24, 2.45) is 0 Å². The van der Waals surface area contributed by atoms with E-state index in [1.54, 1.807) is 37.3 Å². The van der Waals surface area contributed by atoms with Crippen molar-refractivity contribution < 1.29 is 19.1 Å². The first kappa shape index (κ1) is 19.0. The summed E-state index contributed by atoms with van der Waals surface area (Å²) in [6.45, 7) is 2.05. The molecule has 146 valence electrons. The van der Waals surface area contributed by atoms with Crippen LogP contribution in [0.15, 0.2) is 66.7 Å². The smallest absolute Gasteiger partial charge is 0.338 e. The Balaban J connectivity index is 1.55. The average Bonchev–Trinajstić information content (AvgIpc) is 3.01. The third kappa shape index (κ3) is 3.69. The van der Waals surface area contributed by atoms with Crippen LogP contribution in [0.2, 0.25) is 0 Å². The lowest BCUT2D eigenvalue weighted by Gasteiger charge is -2.17. The normalized spacial score (nSPS) is 16.3. The number of nitrogens with zero attached hydrogens (tertiary/aromatic N) is 1. The maximum Gasteiger partial charge on any atom is 0.338 e. The summed E-state index contributed by atoms with van der Waals surface area (Å²) in [7, 11) is 0. The number of fused-ring (bicyclic) bond motifs is 1. The largest absolute Gasteiger partial charge is 0.462 e. The molecule has 3 aromatic rings. The van der Waals surface area contributed by atoms with Crippen molar-refractivity contribution in [1.82, 2.24) is 0 Å². The lowest BCUT2D eigenvalue weighted by atomic mass is 10.1. The molecular weight excluding hydrogens is 388 g/mol. The van der Waals surface area contributed by atoms with Gasteiger partial charge in [-0.15, -0.1) is 0 Å². The Kier molecular flexibility index (Phi) is 5.22. The summed E-state index contributed by atoms with van der Waals surface area (Å²) in [5.41, 5.74) is 1.64. The predicted molar refractivity (Wildman–Crippen MR) is 114 cm³/mol. The van der Waals surface area contributed by atoms with Crippen molar-refractivity contribution in [3.05, 3.63) is 72.3 Å². The molecule has 1 heterocycles. The summed E-state index contributed by atoms with van der Waals surface area (Å²) in [5.74, 6) is -0.728. The lowest BCUT2D eigenvalue weighted by Crippen LogP contribution is -2.34. The molecule has 0 saturated carbocycles. The van der Waals surface area contributed by atoms with Gasteiger partial charge >= 0.3 is 5.97 Å². The van der Waals surface area contributed by atoms with Crippen LogP contribution in [0.3, 0.4) is 0 Å². The van der Waals surface area contributed by atoms with Crippen LogP contribution < -0.4 is 10.2 Å². The van der Waals surface area contributed by atoms with Gasteiger partial charge in [0.1, 0.15) is 0 Å². The van der Waals surface area contributed by atoms with Gasteiger partial charge in [-0.05, 0) is 54.4 Å². The van der Waals surface area contributed by atoms with Gasteiger partial charge in [-0.1, -0.05) is 36.4 Å². The van der Waals surface area contributed by atoms with Gasteiger partial charge in [-0.3, -0.25) is 9.59 Å². The summed E-state index contributed by atoms with van der Waals surface area (Å²) in [6, 6.07) is 19.8.